The summed E-state index contributed by atoms with van der Waals surface area (Å²) in [4.78, 5) is 28.1. The van der Waals surface area contributed by atoms with Crippen molar-refractivity contribution in [2.24, 2.45) is 5.92 Å². The second-order valence-electron chi connectivity index (χ2n) is 11.0. The number of aromatic nitrogens is 3. The van der Waals surface area contributed by atoms with Crippen LogP contribution >= 0.6 is 35.6 Å². The van der Waals surface area contributed by atoms with E-state index in [0.717, 1.165) is 60.1 Å². The molecule has 0 saturated carbocycles. The van der Waals surface area contributed by atoms with Gasteiger partial charge in [-0.2, -0.15) is 0 Å². The predicted molar refractivity (Wildman–Crippen MR) is 167 cm³/mol. The van der Waals surface area contributed by atoms with Gasteiger partial charge in [-0.05, 0) is 67.9 Å². The highest BCUT2D eigenvalue weighted by Crippen LogP contribution is 2.36. The van der Waals surface area contributed by atoms with Crippen LogP contribution in [-0.2, 0) is 16.8 Å². The molecule has 0 spiro atoms. The molecule has 3 heterocycles. The van der Waals surface area contributed by atoms with Gasteiger partial charge in [0.05, 0.1) is 16.4 Å². The number of benzene rings is 2. The molecule has 0 bridgehead atoms. The molecule has 1 aliphatic rings. The van der Waals surface area contributed by atoms with E-state index in [1.165, 1.54) is 5.56 Å². The number of phenolic OH excluding ortho intramolecular Hbond substituents is 1. The lowest BCUT2D eigenvalue weighted by atomic mass is 9.91. The molecule has 216 valence electrons. The van der Waals surface area contributed by atoms with Crippen molar-refractivity contribution in [1.29, 1.82) is 0 Å². The Labute approximate surface area is 256 Å². The zero-order valence-electron chi connectivity index (χ0n) is 23.0. The van der Waals surface area contributed by atoms with Gasteiger partial charge in [-0.1, -0.05) is 55.2 Å². The van der Waals surface area contributed by atoms with E-state index in [9.17, 15) is 9.90 Å². The van der Waals surface area contributed by atoms with Gasteiger partial charge in [0, 0.05) is 53.0 Å². The molecule has 2 aromatic heterocycles. The van der Waals surface area contributed by atoms with Crippen LogP contribution in [-0.4, -0.2) is 50.5 Å². The molecule has 0 unspecified atom stereocenters. The van der Waals surface area contributed by atoms with Gasteiger partial charge >= 0.3 is 0 Å². The quantitative estimate of drug-likeness (QED) is 0.201. The van der Waals surface area contributed by atoms with Crippen molar-refractivity contribution < 1.29 is 9.90 Å². The number of hydrogen-bond acceptors (Lipinski definition) is 5. The molecule has 1 fully saturated rings. The van der Waals surface area contributed by atoms with Crippen molar-refractivity contribution in [3.63, 3.8) is 0 Å². The fourth-order valence-corrected chi connectivity index (χ4v) is 5.27. The molecule has 4 aromatic rings. The van der Waals surface area contributed by atoms with E-state index in [2.05, 4.69) is 46.2 Å². The molecule has 10 heteroatoms. The van der Waals surface area contributed by atoms with Crippen LogP contribution < -0.4 is 5.32 Å². The lowest BCUT2D eigenvalue weighted by Crippen LogP contribution is -2.44. The van der Waals surface area contributed by atoms with Gasteiger partial charge in [0.15, 0.2) is 0 Å². The van der Waals surface area contributed by atoms with Gasteiger partial charge < -0.3 is 15.4 Å². The number of hydrogen-bond donors (Lipinski definition) is 3. The highest BCUT2D eigenvalue weighted by Gasteiger charge is 2.30. The number of phenols is 1. The molecular weight excluding hydrogens is 581 g/mol. The molecule has 2 aromatic carbocycles. The van der Waals surface area contributed by atoms with Crippen LogP contribution in [0.1, 0.15) is 38.1 Å². The van der Waals surface area contributed by atoms with Crippen molar-refractivity contribution in [2.45, 2.75) is 38.6 Å². The van der Waals surface area contributed by atoms with Crippen molar-refractivity contribution in [2.75, 3.05) is 19.6 Å². The Hall–Kier alpha value is -3.10. The van der Waals surface area contributed by atoms with Crippen LogP contribution in [0.15, 0.2) is 67.0 Å². The zero-order chi connectivity index (χ0) is 28.3. The first-order valence-corrected chi connectivity index (χ1v) is 14.2. The first kappa shape index (κ1) is 30.8. The SMILES string of the molecule is CC(C)(CNC(=O)C1CCN(Cc2ccc(Cl)cc2)CC1)c1nc(-c2ccc(Cl)c(O)c2)c(-c2ccncc2)[nH]1.Cl. The minimum absolute atomic E-state index is 0. The summed E-state index contributed by atoms with van der Waals surface area (Å²) < 4.78 is 0. The number of carbonyl (C=O) groups excluding carboxylic acids is 1. The summed E-state index contributed by atoms with van der Waals surface area (Å²) in [6.07, 6.45) is 5.12. The predicted octanol–water partition coefficient (Wildman–Crippen LogP) is 6.88. The number of carbonyl (C=O) groups is 1. The maximum atomic E-state index is 13.1. The fraction of sp³-hybridized carbons (Fsp3) is 0.323. The average Bonchev–Trinajstić information content (AvgIpc) is 3.42. The monoisotopic (exact) mass is 613 g/mol. The summed E-state index contributed by atoms with van der Waals surface area (Å²) in [5.74, 6) is 0.814. The van der Waals surface area contributed by atoms with Crippen LogP contribution in [0.3, 0.4) is 0 Å². The van der Waals surface area contributed by atoms with E-state index < -0.39 is 5.41 Å². The molecule has 3 N–H and O–H groups in total. The average molecular weight is 615 g/mol. The molecule has 0 atom stereocenters. The molecule has 41 heavy (non-hydrogen) atoms. The Morgan fingerprint density at radius 2 is 1.73 bits per heavy atom. The van der Waals surface area contributed by atoms with Gasteiger partial charge in [-0.3, -0.25) is 14.7 Å². The van der Waals surface area contributed by atoms with Gasteiger partial charge in [-0.15, -0.1) is 12.4 Å². The Kier molecular flexibility index (Phi) is 9.97. The summed E-state index contributed by atoms with van der Waals surface area (Å²) in [5.41, 5.74) is 3.92. The third-order valence-electron chi connectivity index (χ3n) is 7.52. The van der Waals surface area contributed by atoms with Crippen molar-refractivity contribution in [1.82, 2.24) is 25.2 Å². The third-order valence-corrected chi connectivity index (χ3v) is 8.09. The van der Waals surface area contributed by atoms with Crippen molar-refractivity contribution in [3.05, 3.63) is 88.4 Å². The maximum absolute atomic E-state index is 13.1. The molecule has 5 rings (SSSR count). The summed E-state index contributed by atoms with van der Waals surface area (Å²) in [5, 5.41) is 14.4. The molecule has 1 aliphatic heterocycles. The van der Waals surface area contributed by atoms with E-state index in [-0.39, 0.29) is 35.0 Å². The lowest BCUT2D eigenvalue weighted by molar-refractivity contribution is -0.126. The second-order valence-corrected chi connectivity index (χ2v) is 11.8. The van der Waals surface area contributed by atoms with E-state index in [0.29, 0.717) is 12.2 Å². The smallest absolute Gasteiger partial charge is 0.223 e. The Morgan fingerprint density at radius 3 is 2.39 bits per heavy atom. The number of aromatic hydroxyl groups is 1. The van der Waals surface area contributed by atoms with Crippen LogP contribution in [0.4, 0.5) is 0 Å². The van der Waals surface area contributed by atoms with Crippen molar-refractivity contribution >= 4 is 41.5 Å². The van der Waals surface area contributed by atoms with E-state index >= 15 is 0 Å². The number of piperidine rings is 1. The highest BCUT2D eigenvalue weighted by atomic mass is 35.5. The number of amides is 1. The highest BCUT2D eigenvalue weighted by molar-refractivity contribution is 6.32. The van der Waals surface area contributed by atoms with E-state index in [1.54, 1.807) is 24.5 Å². The number of nitrogens with one attached hydrogen (secondary N) is 2. The first-order valence-electron chi connectivity index (χ1n) is 13.4. The van der Waals surface area contributed by atoms with Gasteiger partial charge in [-0.25, -0.2) is 4.98 Å². The Balaban J connectivity index is 0.00000387. The lowest BCUT2D eigenvalue weighted by Gasteiger charge is -2.32. The largest absolute Gasteiger partial charge is 0.506 e. The number of halogens is 3. The Bertz CT molecular complexity index is 1470. The maximum Gasteiger partial charge on any atom is 0.223 e. The van der Waals surface area contributed by atoms with Gasteiger partial charge in [0.2, 0.25) is 5.91 Å². The molecular formula is C31H34Cl3N5O2. The number of imidazole rings is 1. The van der Waals surface area contributed by atoms with Crippen LogP contribution in [0.5, 0.6) is 5.75 Å². The van der Waals surface area contributed by atoms with E-state index in [1.807, 2.05) is 30.3 Å². The van der Waals surface area contributed by atoms with Crippen LogP contribution in [0.2, 0.25) is 10.0 Å². The number of aromatic amines is 1. The molecule has 1 saturated heterocycles. The molecule has 1 amide bonds. The Morgan fingerprint density at radius 1 is 1.05 bits per heavy atom. The normalized spacial score (nSPS) is 14.4. The summed E-state index contributed by atoms with van der Waals surface area (Å²) in [6, 6.07) is 16.9. The standard InChI is InChI=1S/C31H33Cl2N5O2.ClH/c1-31(2,19-35-29(40)22-11-15-38(16-12-22)18-20-3-6-24(32)7-4-20)30-36-27(21-9-13-34-14-10-21)28(37-30)23-5-8-25(33)26(39)17-23;/h3-10,13-14,17,22,39H,11-12,15-16,18-19H2,1-2H3,(H,35,40)(H,36,37);1H. The first-order chi connectivity index (χ1) is 19.2. The molecule has 0 radical (unpaired) electrons. The van der Waals surface area contributed by atoms with E-state index in [4.69, 9.17) is 28.2 Å². The summed E-state index contributed by atoms with van der Waals surface area (Å²) in [6.45, 7) is 7.18. The van der Waals surface area contributed by atoms with Gasteiger partial charge in [0.25, 0.3) is 0 Å². The molecule has 7 nitrogen and oxygen atoms in total. The number of likely N-dealkylation sites (tertiary alicyclic amines) is 1. The fourth-order valence-electron chi connectivity index (χ4n) is 5.03. The zero-order valence-corrected chi connectivity index (χ0v) is 25.4. The van der Waals surface area contributed by atoms with Crippen LogP contribution in [0, 0.1) is 5.92 Å². The number of nitrogens with zero attached hydrogens (tertiary/aromatic N) is 3. The minimum atomic E-state index is -0.473. The summed E-state index contributed by atoms with van der Waals surface area (Å²) in [7, 11) is 0. The minimum Gasteiger partial charge on any atom is -0.506 e. The molecule has 0 aliphatic carbocycles. The number of H-pyrrole nitrogens is 1. The third kappa shape index (κ3) is 7.41. The van der Waals surface area contributed by atoms with Crippen molar-refractivity contribution in [3.8, 4) is 28.3 Å². The number of pyridine rings is 1. The second kappa shape index (κ2) is 13.3. The topological polar surface area (TPSA) is 94.1 Å². The van der Waals surface area contributed by atoms with Gasteiger partial charge in [0.1, 0.15) is 11.6 Å². The number of rotatable bonds is 8. The summed E-state index contributed by atoms with van der Waals surface area (Å²) >= 11 is 12.1. The van der Waals surface area contributed by atoms with Crippen LogP contribution in [0.25, 0.3) is 22.5 Å².